The molecule has 4 rings (SSSR count). The molecule has 1 aromatic rings. The Morgan fingerprint density at radius 1 is 1.19 bits per heavy atom. The summed E-state index contributed by atoms with van der Waals surface area (Å²) in [4.78, 5) is 21.6. The van der Waals surface area contributed by atoms with E-state index in [1.54, 1.807) is 7.05 Å². The summed E-state index contributed by atoms with van der Waals surface area (Å²) in [5.41, 5.74) is 0. The highest BCUT2D eigenvalue weighted by Crippen LogP contribution is 2.28. The van der Waals surface area contributed by atoms with Crippen molar-refractivity contribution in [2.45, 2.75) is 51.1 Å². The van der Waals surface area contributed by atoms with Gasteiger partial charge in [-0.2, -0.15) is 0 Å². The number of aliphatic imine (C=N–C) groups is 1. The normalized spacial score (nSPS) is 23.8. The van der Waals surface area contributed by atoms with E-state index in [-0.39, 0.29) is 42.0 Å². The van der Waals surface area contributed by atoms with Crippen LogP contribution in [0.1, 0.15) is 49.7 Å². The van der Waals surface area contributed by atoms with Crippen LogP contribution in [-0.4, -0.2) is 80.7 Å². The number of furan rings is 1. The second-order valence-corrected chi connectivity index (χ2v) is 8.96. The van der Waals surface area contributed by atoms with Crippen molar-refractivity contribution in [3.05, 3.63) is 23.7 Å². The summed E-state index contributed by atoms with van der Waals surface area (Å²) >= 11 is 0. The van der Waals surface area contributed by atoms with Gasteiger partial charge in [0.05, 0.1) is 19.3 Å². The molecule has 180 valence electrons. The Kier molecular flexibility index (Phi) is 9.66. The van der Waals surface area contributed by atoms with Gasteiger partial charge in [-0.15, -0.1) is 24.0 Å². The van der Waals surface area contributed by atoms with Crippen LogP contribution in [0.3, 0.4) is 0 Å². The van der Waals surface area contributed by atoms with Crippen molar-refractivity contribution in [2.24, 2.45) is 10.9 Å². The van der Waals surface area contributed by atoms with Crippen LogP contribution in [0.15, 0.2) is 21.5 Å². The predicted molar refractivity (Wildman–Crippen MR) is 135 cm³/mol. The standard InChI is InChI=1S/C23H37N5O3.HI/c1-17-7-8-21(31-17)20(27-11-13-30-14-12-27)15-25-23(24-2)26-19-9-10-28(16-19)22(29)18-5-3-4-6-18;/h7-8,18-20H,3-6,9-16H2,1-2H3,(H2,24,25,26);1H. The molecule has 0 radical (unpaired) electrons. The molecule has 0 bridgehead atoms. The molecule has 0 spiro atoms. The summed E-state index contributed by atoms with van der Waals surface area (Å²) in [6.45, 7) is 7.55. The number of halogens is 1. The Balaban J connectivity index is 0.00000289. The largest absolute Gasteiger partial charge is 0.465 e. The number of hydrogen-bond donors (Lipinski definition) is 2. The van der Waals surface area contributed by atoms with Gasteiger partial charge in [0.25, 0.3) is 0 Å². The van der Waals surface area contributed by atoms with Gasteiger partial charge < -0.3 is 24.7 Å². The van der Waals surface area contributed by atoms with Gasteiger partial charge in [0.15, 0.2) is 5.96 Å². The molecule has 2 saturated heterocycles. The van der Waals surface area contributed by atoms with Crippen molar-refractivity contribution in [3.63, 3.8) is 0 Å². The van der Waals surface area contributed by atoms with Gasteiger partial charge in [0.2, 0.25) is 5.91 Å². The molecule has 2 atom stereocenters. The zero-order valence-corrected chi connectivity index (χ0v) is 21.7. The topological polar surface area (TPSA) is 82.3 Å². The molecular formula is C23H38IN5O3. The lowest BCUT2D eigenvalue weighted by Crippen LogP contribution is -2.49. The average Bonchev–Trinajstić information content (AvgIpc) is 3.56. The first-order valence-electron chi connectivity index (χ1n) is 11.8. The van der Waals surface area contributed by atoms with Crippen LogP contribution in [0.4, 0.5) is 0 Å². The van der Waals surface area contributed by atoms with Crippen molar-refractivity contribution in [3.8, 4) is 0 Å². The molecule has 1 aromatic heterocycles. The van der Waals surface area contributed by atoms with E-state index in [0.717, 1.165) is 76.1 Å². The highest BCUT2D eigenvalue weighted by Gasteiger charge is 2.33. The van der Waals surface area contributed by atoms with Crippen molar-refractivity contribution in [2.75, 3.05) is 53.0 Å². The van der Waals surface area contributed by atoms with Crippen LogP contribution >= 0.6 is 24.0 Å². The third-order valence-corrected chi connectivity index (χ3v) is 6.81. The molecule has 1 aliphatic carbocycles. The minimum Gasteiger partial charge on any atom is -0.465 e. The number of carbonyl (C=O) groups excluding carboxylic acids is 1. The van der Waals surface area contributed by atoms with E-state index in [1.807, 2.05) is 17.9 Å². The summed E-state index contributed by atoms with van der Waals surface area (Å²) in [5.74, 6) is 3.28. The Morgan fingerprint density at radius 3 is 2.59 bits per heavy atom. The third-order valence-electron chi connectivity index (χ3n) is 6.81. The number of carbonyl (C=O) groups is 1. The fraction of sp³-hybridized carbons (Fsp3) is 0.739. The van der Waals surface area contributed by atoms with Crippen molar-refractivity contribution < 1.29 is 13.9 Å². The van der Waals surface area contributed by atoms with Gasteiger partial charge in [0, 0.05) is 51.7 Å². The van der Waals surface area contributed by atoms with Gasteiger partial charge in [-0.25, -0.2) is 0 Å². The lowest BCUT2D eigenvalue weighted by molar-refractivity contribution is -0.134. The number of nitrogens with one attached hydrogen (secondary N) is 2. The number of rotatable bonds is 6. The minimum absolute atomic E-state index is 0. The first kappa shape index (κ1) is 25.3. The zero-order chi connectivity index (χ0) is 21.6. The molecule has 3 heterocycles. The maximum absolute atomic E-state index is 12.7. The SMILES string of the molecule is CN=C(NCC(c1ccc(C)o1)N1CCOCC1)NC1CCN(C(=O)C2CCCC2)C1.I. The number of ether oxygens (including phenoxy) is 1. The first-order chi connectivity index (χ1) is 15.1. The minimum atomic E-state index is 0. The lowest BCUT2D eigenvalue weighted by Gasteiger charge is -2.33. The van der Waals surface area contributed by atoms with E-state index in [9.17, 15) is 4.79 Å². The van der Waals surface area contributed by atoms with Crippen LogP contribution in [0, 0.1) is 12.8 Å². The number of aryl methyl sites for hydroxylation is 1. The van der Waals surface area contributed by atoms with Crippen LogP contribution in [0.2, 0.25) is 0 Å². The van der Waals surface area contributed by atoms with Gasteiger partial charge >= 0.3 is 0 Å². The Bertz CT molecular complexity index is 759. The fourth-order valence-corrected chi connectivity index (χ4v) is 5.02. The van der Waals surface area contributed by atoms with Crippen LogP contribution in [-0.2, 0) is 9.53 Å². The van der Waals surface area contributed by atoms with Crippen LogP contribution in [0.5, 0.6) is 0 Å². The maximum atomic E-state index is 12.7. The van der Waals surface area contributed by atoms with E-state index in [0.29, 0.717) is 12.5 Å². The van der Waals surface area contributed by atoms with Gasteiger partial charge in [-0.3, -0.25) is 14.7 Å². The molecule has 32 heavy (non-hydrogen) atoms. The van der Waals surface area contributed by atoms with Crippen LogP contribution < -0.4 is 10.6 Å². The van der Waals surface area contributed by atoms with Crippen molar-refractivity contribution in [1.29, 1.82) is 0 Å². The number of guanidine groups is 1. The smallest absolute Gasteiger partial charge is 0.225 e. The Labute approximate surface area is 208 Å². The second-order valence-electron chi connectivity index (χ2n) is 8.96. The molecule has 3 fully saturated rings. The Hall–Kier alpha value is -1.33. The number of morpholine rings is 1. The van der Waals surface area contributed by atoms with E-state index >= 15 is 0 Å². The first-order valence-corrected chi connectivity index (χ1v) is 11.8. The molecule has 2 aliphatic heterocycles. The molecule has 8 nitrogen and oxygen atoms in total. The predicted octanol–water partition coefficient (Wildman–Crippen LogP) is 2.54. The summed E-state index contributed by atoms with van der Waals surface area (Å²) in [6.07, 6.45) is 5.48. The summed E-state index contributed by atoms with van der Waals surface area (Å²) in [5, 5.41) is 7.02. The highest BCUT2D eigenvalue weighted by molar-refractivity contribution is 14.0. The van der Waals surface area contributed by atoms with E-state index in [4.69, 9.17) is 9.15 Å². The highest BCUT2D eigenvalue weighted by atomic mass is 127. The molecule has 2 unspecified atom stereocenters. The maximum Gasteiger partial charge on any atom is 0.225 e. The molecule has 9 heteroatoms. The molecule has 3 aliphatic rings. The lowest BCUT2D eigenvalue weighted by atomic mass is 10.1. The monoisotopic (exact) mass is 559 g/mol. The van der Waals surface area contributed by atoms with Crippen molar-refractivity contribution in [1.82, 2.24) is 20.4 Å². The number of nitrogens with zero attached hydrogens (tertiary/aromatic N) is 3. The van der Waals surface area contributed by atoms with Gasteiger partial charge in [0.1, 0.15) is 11.5 Å². The summed E-state index contributed by atoms with van der Waals surface area (Å²) < 4.78 is 11.5. The molecule has 0 aromatic carbocycles. The number of likely N-dealkylation sites (tertiary alicyclic amines) is 1. The summed E-state index contributed by atoms with van der Waals surface area (Å²) in [7, 11) is 1.80. The van der Waals surface area contributed by atoms with E-state index in [1.165, 1.54) is 12.8 Å². The van der Waals surface area contributed by atoms with E-state index < -0.39 is 0 Å². The second kappa shape index (κ2) is 12.2. The average molecular weight is 559 g/mol. The van der Waals surface area contributed by atoms with Crippen LogP contribution in [0.25, 0.3) is 0 Å². The zero-order valence-electron chi connectivity index (χ0n) is 19.3. The fourth-order valence-electron chi connectivity index (χ4n) is 5.02. The molecule has 1 amide bonds. The molecular weight excluding hydrogens is 521 g/mol. The van der Waals surface area contributed by atoms with Gasteiger partial charge in [-0.1, -0.05) is 12.8 Å². The molecule has 1 saturated carbocycles. The molecule has 2 N–H and O–H groups in total. The van der Waals surface area contributed by atoms with E-state index in [2.05, 4.69) is 26.6 Å². The van der Waals surface area contributed by atoms with Gasteiger partial charge in [-0.05, 0) is 38.3 Å². The number of amides is 1. The summed E-state index contributed by atoms with van der Waals surface area (Å²) in [6, 6.07) is 4.45. The Morgan fingerprint density at radius 2 is 1.94 bits per heavy atom. The quantitative estimate of drug-likeness (QED) is 0.317. The third kappa shape index (κ3) is 6.38. The number of hydrogen-bond acceptors (Lipinski definition) is 5. The van der Waals surface area contributed by atoms with Crippen molar-refractivity contribution >= 4 is 35.8 Å².